The van der Waals surface area contributed by atoms with Crippen molar-refractivity contribution in [2.45, 2.75) is 19.5 Å². The van der Waals surface area contributed by atoms with Crippen molar-refractivity contribution in [3.63, 3.8) is 0 Å². The van der Waals surface area contributed by atoms with Gasteiger partial charge in [-0.3, -0.25) is 15.1 Å². The molecule has 1 amide bonds. The number of aryl methyl sites for hydroxylation is 1. The molecule has 0 saturated carbocycles. The molecule has 2 aromatic carbocycles. The Hall–Kier alpha value is -2.60. The van der Waals surface area contributed by atoms with Crippen molar-refractivity contribution in [3.8, 4) is 0 Å². The topological polar surface area (TPSA) is 57.1 Å². The highest BCUT2D eigenvalue weighted by Crippen LogP contribution is 2.30. The standard InChI is InChI=1S/C19H18N4OS/c1-3-12-8-10-13(11-9-12)17-20-15-7-5-4-6-14(15)16-18(24)21-19(25-2)22-23(16)17/h4-11,17H,3H2,1-2H3,(H,21,22,24). The van der Waals surface area contributed by atoms with Gasteiger partial charge in [-0.2, -0.15) is 0 Å². The highest BCUT2D eigenvalue weighted by molar-refractivity contribution is 8.13. The van der Waals surface area contributed by atoms with Gasteiger partial charge in [0.25, 0.3) is 5.91 Å². The Balaban J connectivity index is 1.93. The number of nitrogens with zero attached hydrogens (tertiary/aromatic N) is 3. The average molecular weight is 350 g/mol. The lowest BCUT2D eigenvalue weighted by atomic mass is 10.1. The molecule has 126 valence electrons. The second-order valence-corrected chi connectivity index (χ2v) is 6.67. The number of hydrogen-bond acceptors (Lipinski definition) is 5. The maximum Gasteiger partial charge on any atom is 0.276 e. The van der Waals surface area contributed by atoms with E-state index < -0.39 is 0 Å². The molecule has 2 heterocycles. The largest absolute Gasteiger partial charge is 0.298 e. The second-order valence-electron chi connectivity index (χ2n) is 5.87. The number of carbonyl (C=O) groups is 1. The van der Waals surface area contributed by atoms with E-state index in [9.17, 15) is 4.79 Å². The van der Waals surface area contributed by atoms with Gasteiger partial charge >= 0.3 is 0 Å². The third kappa shape index (κ3) is 2.72. The van der Waals surface area contributed by atoms with Gasteiger partial charge in [0.2, 0.25) is 0 Å². The van der Waals surface area contributed by atoms with Gasteiger partial charge in [-0.15, -0.1) is 5.10 Å². The van der Waals surface area contributed by atoms with Crippen molar-refractivity contribution in [2.75, 3.05) is 6.26 Å². The van der Waals surface area contributed by atoms with E-state index in [1.165, 1.54) is 17.3 Å². The maximum atomic E-state index is 12.7. The van der Waals surface area contributed by atoms with Crippen molar-refractivity contribution in [2.24, 2.45) is 10.1 Å². The molecule has 1 atom stereocenters. The highest BCUT2D eigenvalue weighted by Gasteiger charge is 2.33. The summed E-state index contributed by atoms with van der Waals surface area (Å²) in [4.78, 5) is 17.6. The van der Waals surface area contributed by atoms with Gasteiger partial charge in [-0.25, -0.2) is 5.01 Å². The Morgan fingerprint density at radius 3 is 2.64 bits per heavy atom. The first kappa shape index (κ1) is 15.9. The molecule has 0 saturated heterocycles. The summed E-state index contributed by atoms with van der Waals surface area (Å²) in [5.74, 6) is -0.142. The van der Waals surface area contributed by atoms with Gasteiger partial charge in [-0.05, 0) is 29.9 Å². The molecule has 0 bridgehead atoms. The van der Waals surface area contributed by atoms with Gasteiger partial charge in [0.1, 0.15) is 5.70 Å². The summed E-state index contributed by atoms with van der Waals surface area (Å²) < 4.78 is 0. The first-order valence-electron chi connectivity index (χ1n) is 8.20. The summed E-state index contributed by atoms with van der Waals surface area (Å²) in [6, 6.07) is 16.1. The number of thioether (sulfide) groups is 1. The zero-order chi connectivity index (χ0) is 17.4. The van der Waals surface area contributed by atoms with Crippen LogP contribution in [0.3, 0.4) is 0 Å². The quantitative estimate of drug-likeness (QED) is 0.898. The van der Waals surface area contributed by atoms with E-state index in [1.54, 1.807) is 5.01 Å². The number of amides is 1. The molecule has 2 aliphatic heterocycles. The first-order valence-corrected chi connectivity index (χ1v) is 9.43. The number of hydrazone groups is 1. The highest BCUT2D eigenvalue weighted by atomic mass is 32.2. The second kappa shape index (κ2) is 6.37. The fourth-order valence-corrected chi connectivity index (χ4v) is 3.43. The molecule has 1 N–H and O–H groups in total. The van der Waals surface area contributed by atoms with E-state index >= 15 is 0 Å². The SMILES string of the molecule is CCc1ccc(C2N=c3ccccc3=C3C(=O)NC(SC)=NN32)cc1. The Morgan fingerprint density at radius 1 is 1.16 bits per heavy atom. The minimum absolute atomic E-state index is 0.142. The number of rotatable bonds is 2. The Kier molecular flexibility index (Phi) is 4.05. The normalized spacial score (nSPS) is 18.7. The van der Waals surface area contributed by atoms with Crippen LogP contribution in [0.5, 0.6) is 0 Å². The molecular formula is C19H18N4OS. The van der Waals surface area contributed by atoms with E-state index in [2.05, 4.69) is 41.6 Å². The molecule has 0 aliphatic carbocycles. The van der Waals surface area contributed by atoms with Gasteiger partial charge in [0.05, 0.1) is 5.36 Å². The summed E-state index contributed by atoms with van der Waals surface area (Å²) in [7, 11) is 0. The van der Waals surface area contributed by atoms with Crippen LogP contribution in [0.2, 0.25) is 0 Å². The summed E-state index contributed by atoms with van der Waals surface area (Å²) in [5, 5.41) is 11.4. The van der Waals surface area contributed by atoms with E-state index in [0.717, 1.165) is 22.6 Å². The Labute approximate surface area is 150 Å². The zero-order valence-electron chi connectivity index (χ0n) is 14.1. The molecule has 2 aliphatic rings. The van der Waals surface area contributed by atoms with E-state index in [0.29, 0.717) is 10.9 Å². The molecule has 0 fully saturated rings. The van der Waals surface area contributed by atoms with E-state index in [1.807, 2.05) is 30.5 Å². The van der Waals surface area contributed by atoms with E-state index in [-0.39, 0.29) is 12.1 Å². The van der Waals surface area contributed by atoms with Gasteiger partial charge < -0.3 is 0 Å². The lowest BCUT2D eigenvalue weighted by Gasteiger charge is -2.33. The van der Waals surface area contributed by atoms with Crippen LogP contribution in [0.4, 0.5) is 0 Å². The van der Waals surface area contributed by atoms with Crippen LogP contribution >= 0.6 is 11.8 Å². The zero-order valence-corrected chi connectivity index (χ0v) is 14.9. The third-order valence-corrected chi connectivity index (χ3v) is 4.97. The van der Waals surface area contributed by atoms with Crippen LogP contribution in [0.15, 0.2) is 58.6 Å². The summed E-state index contributed by atoms with van der Waals surface area (Å²) in [5.41, 5.74) is 2.84. The molecule has 4 rings (SSSR count). The van der Waals surface area contributed by atoms with E-state index in [4.69, 9.17) is 4.99 Å². The average Bonchev–Trinajstić information content (AvgIpc) is 2.67. The molecule has 0 radical (unpaired) electrons. The summed E-state index contributed by atoms with van der Waals surface area (Å²) in [6.45, 7) is 2.13. The number of benzene rings is 2. The first-order chi connectivity index (χ1) is 12.2. The molecule has 0 spiro atoms. The van der Waals surface area contributed by atoms with Crippen molar-refractivity contribution in [1.82, 2.24) is 10.3 Å². The number of amidine groups is 1. The minimum atomic E-state index is -0.344. The Morgan fingerprint density at radius 2 is 1.92 bits per heavy atom. The molecule has 25 heavy (non-hydrogen) atoms. The van der Waals surface area contributed by atoms with Gasteiger partial charge in [-0.1, -0.05) is 61.2 Å². The van der Waals surface area contributed by atoms with Crippen LogP contribution in [-0.4, -0.2) is 22.3 Å². The number of carbonyl (C=O) groups excluding carboxylic acids is 1. The molecule has 1 unspecified atom stereocenters. The van der Waals surface area contributed by atoms with Crippen molar-refractivity contribution >= 4 is 28.5 Å². The van der Waals surface area contributed by atoms with Crippen LogP contribution < -0.4 is 15.9 Å². The number of nitrogens with one attached hydrogen (secondary N) is 1. The predicted octanol–water partition coefficient (Wildman–Crippen LogP) is 1.76. The van der Waals surface area contributed by atoms with Gasteiger partial charge in [0, 0.05) is 5.22 Å². The van der Waals surface area contributed by atoms with Crippen molar-refractivity contribution < 1.29 is 4.79 Å². The molecule has 0 aromatic heterocycles. The molecule has 6 heteroatoms. The summed E-state index contributed by atoms with van der Waals surface area (Å²) in [6.07, 6.45) is 2.54. The van der Waals surface area contributed by atoms with Crippen molar-refractivity contribution in [1.29, 1.82) is 0 Å². The van der Waals surface area contributed by atoms with Crippen LogP contribution in [0.1, 0.15) is 24.2 Å². The lowest BCUT2D eigenvalue weighted by Crippen LogP contribution is -2.50. The fourth-order valence-electron chi connectivity index (χ4n) is 3.06. The predicted molar refractivity (Wildman–Crippen MR) is 100 cm³/mol. The van der Waals surface area contributed by atoms with Crippen LogP contribution in [-0.2, 0) is 11.2 Å². The fraction of sp³-hybridized carbons (Fsp3) is 0.211. The molecule has 2 aromatic rings. The minimum Gasteiger partial charge on any atom is -0.298 e. The van der Waals surface area contributed by atoms with Gasteiger partial charge in [0.15, 0.2) is 11.3 Å². The molecule has 5 nitrogen and oxygen atoms in total. The van der Waals surface area contributed by atoms with Crippen LogP contribution in [0.25, 0.3) is 5.70 Å². The number of hydrogen-bond donors (Lipinski definition) is 1. The monoisotopic (exact) mass is 350 g/mol. The smallest absolute Gasteiger partial charge is 0.276 e. The Bertz CT molecular complexity index is 981. The number of para-hydroxylation sites is 1. The third-order valence-electron chi connectivity index (χ3n) is 4.39. The maximum absolute atomic E-state index is 12.7. The number of fused-ring (bicyclic) bond motifs is 2. The lowest BCUT2D eigenvalue weighted by molar-refractivity contribution is -0.116. The summed E-state index contributed by atoms with van der Waals surface area (Å²) >= 11 is 1.41. The van der Waals surface area contributed by atoms with Crippen LogP contribution in [0, 0.1) is 0 Å². The molecular weight excluding hydrogens is 332 g/mol. The van der Waals surface area contributed by atoms with Crippen molar-refractivity contribution in [3.05, 3.63) is 70.2 Å².